The van der Waals surface area contributed by atoms with Gasteiger partial charge in [-0.15, -0.1) is 0 Å². The fraction of sp³-hybridized carbons (Fsp3) is 0.318. The minimum absolute atomic E-state index is 0.125. The van der Waals surface area contributed by atoms with Crippen LogP contribution < -0.4 is 10.9 Å². The number of aryl methyl sites for hydroxylation is 1. The van der Waals surface area contributed by atoms with Crippen LogP contribution in [0.4, 0.5) is 11.6 Å². The summed E-state index contributed by atoms with van der Waals surface area (Å²) in [4.78, 5) is 29.8. The number of aliphatic imine (C=N–C) groups is 1. The molecule has 32 heavy (non-hydrogen) atoms. The van der Waals surface area contributed by atoms with Crippen LogP contribution in [0.15, 0.2) is 58.8 Å². The third kappa shape index (κ3) is 5.64. The molecular weight excluding hydrogens is 428 g/mol. The van der Waals surface area contributed by atoms with E-state index in [2.05, 4.69) is 25.3 Å². The molecule has 0 amide bonds. The number of aromatic nitrogens is 4. The van der Waals surface area contributed by atoms with Crippen molar-refractivity contribution in [3.63, 3.8) is 0 Å². The minimum Gasteiger partial charge on any atom is -0.367 e. The predicted molar refractivity (Wildman–Crippen MR) is 124 cm³/mol. The summed E-state index contributed by atoms with van der Waals surface area (Å²) in [6.07, 6.45) is 10.3. The smallest absolute Gasteiger partial charge is 0.255 e. The maximum atomic E-state index is 12.3. The van der Waals surface area contributed by atoms with E-state index in [4.69, 9.17) is 0 Å². The largest absolute Gasteiger partial charge is 0.367 e. The van der Waals surface area contributed by atoms with E-state index >= 15 is 0 Å². The number of anilines is 1. The van der Waals surface area contributed by atoms with Crippen molar-refractivity contribution < 1.29 is 8.42 Å². The van der Waals surface area contributed by atoms with Gasteiger partial charge in [0.15, 0.2) is 15.7 Å². The summed E-state index contributed by atoms with van der Waals surface area (Å²) in [5, 5.41) is 3.41. The Balaban J connectivity index is 1.43. The van der Waals surface area contributed by atoms with Gasteiger partial charge in [-0.2, -0.15) is 0 Å². The van der Waals surface area contributed by atoms with Gasteiger partial charge in [-0.1, -0.05) is 6.07 Å². The van der Waals surface area contributed by atoms with Gasteiger partial charge in [-0.3, -0.25) is 14.3 Å². The van der Waals surface area contributed by atoms with Crippen LogP contribution in [0.25, 0.3) is 5.69 Å². The highest BCUT2D eigenvalue weighted by molar-refractivity contribution is 7.89. The molecular formula is C22H24N6O3S. The minimum atomic E-state index is -3.19. The highest BCUT2D eigenvalue weighted by Gasteiger charge is 2.21. The zero-order valence-electron chi connectivity index (χ0n) is 17.9. The van der Waals surface area contributed by atoms with E-state index < -0.39 is 9.84 Å². The van der Waals surface area contributed by atoms with Gasteiger partial charge in [-0.25, -0.2) is 23.4 Å². The molecule has 4 rings (SSSR count). The first-order valence-corrected chi connectivity index (χ1v) is 12.3. The van der Waals surface area contributed by atoms with Crippen molar-refractivity contribution in [2.75, 3.05) is 11.6 Å². The van der Waals surface area contributed by atoms with Gasteiger partial charge in [0.05, 0.1) is 35.7 Å². The fourth-order valence-corrected chi connectivity index (χ4v) is 4.38. The van der Waals surface area contributed by atoms with Gasteiger partial charge in [0.1, 0.15) is 5.82 Å². The molecule has 1 aliphatic rings. The second-order valence-electron chi connectivity index (χ2n) is 8.00. The Bertz CT molecular complexity index is 1300. The molecule has 0 saturated heterocycles. The van der Waals surface area contributed by atoms with E-state index in [9.17, 15) is 13.2 Å². The van der Waals surface area contributed by atoms with Gasteiger partial charge >= 0.3 is 0 Å². The Kier molecular flexibility index (Phi) is 6.13. The molecule has 1 saturated carbocycles. The third-order valence-electron chi connectivity index (χ3n) is 5.08. The second-order valence-corrected chi connectivity index (χ2v) is 10.1. The molecule has 0 bridgehead atoms. The average molecular weight is 453 g/mol. The molecule has 0 spiro atoms. The summed E-state index contributed by atoms with van der Waals surface area (Å²) >= 11 is 0. The molecule has 0 unspecified atom stereocenters. The lowest BCUT2D eigenvalue weighted by atomic mass is 10.2. The van der Waals surface area contributed by atoms with Crippen molar-refractivity contribution in [1.29, 1.82) is 0 Å². The van der Waals surface area contributed by atoms with Crippen molar-refractivity contribution >= 4 is 27.2 Å². The van der Waals surface area contributed by atoms with E-state index in [0.29, 0.717) is 22.9 Å². The summed E-state index contributed by atoms with van der Waals surface area (Å²) in [6, 6.07) is 6.71. The molecule has 166 valence electrons. The van der Waals surface area contributed by atoms with Gasteiger partial charge in [0.2, 0.25) is 0 Å². The van der Waals surface area contributed by atoms with Crippen molar-refractivity contribution in [3.05, 3.63) is 70.7 Å². The van der Waals surface area contributed by atoms with E-state index in [1.165, 1.54) is 16.7 Å². The summed E-state index contributed by atoms with van der Waals surface area (Å²) in [6.45, 7) is 1.89. The highest BCUT2D eigenvalue weighted by Crippen LogP contribution is 2.22. The number of nitrogens with zero attached hydrogens (tertiary/aromatic N) is 5. The molecule has 0 aromatic carbocycles. The van der Waals surface area contributed by atoms with Crippen LogP contribution >= 0.6 is 0 Å². The molecule has 0 radical (unpaired) electrons. The van der Waals surface area contributed by atoms with Crippen LogP contribution in [0.3, 0.4) is 0 Å². The number of nitrogens with one attached hydrogen (secondary N) is 1. The molecule has 3 heterocycles. The topological polar surface area (TPSA) is 119 Å². The summed E-state index contributed by atoms with van der Waals surface area (Å²) in [5.41, 5.74) is 2.80. The molecule has 1 atom stereocenters. The highest BCUT2D eigenvalue weighted by atomic mass is 32.2. The van der Waals surface area contributed by atoms with Gasteiger partial charge < -0.3 is 5.32 Å². The first-order valence-electron chi connectivity index (χ1n) is 10.2. The second kappa shape index (κ2) is 8.99. The zero-order valence-corrected chi connectivity index (χ0v) is 18.7. The monoisotopic (exact) mass is 452 g/mol. The van der Waals surface area contributed by atoms with Crippen LogP contribution in [0.5, 0.6) is 0 Å². The number of sulfone groups is 1. The Morgan fingerprint density at radius 3 is 2.66 bits per heavy atom. The molecule has 10 heteroatoms. The number of hydrogen-bond acceptors (Lipinski definition) is 8. The van der Waals surface area contributed by atoms with Crippen LogP contribution in [0, 0.1) is 6.92 Å². The summed E-state index contributed by atoms with van der Waals surface area (Å²) in [5.74, 6) is 1.20. The van der Waals surface area contributed by atoms with E-state index in [1.54, 1.807) is 30.9 Å². The molecule has 0 aliphatic heterocycles. The zero-order chi connectivity index (χ0) is 22.7. The Morgan fingerprint density at radius 1 is 1.12 bits per heavy atom. The van der Waals surface area contributed by atoms with Crippen molar-refractivity contribution in [2.24, 2.45) is 4.99 Å². The van der Waals surface area contributed by atoms with E-state index in [1.807, 2.05) is 13.0 Å². The summed E-state index contributed by atoms with van der Waals surface area (Å²) in [7, 11) is -3.19. The Labute approximate surface area is 186 Å². The van der Waals surface area contributed by atoms with Crippen LogP contribution in [-0.4, -0.2) is 45.9 Å². The fourth-order valence-electron chi connectivity index (χ4n) is 3.60. The molecule has 1 aliphatic carbocycles. The third-order valence-corrected chi connectivity index (χ3v) is 5.94. The number of pyridine rings is 2. The maximum absolute atomic E-state index is 12.3. The predicted octanol–water partition coefficient (Wildman–Crippen LogP) is 2.61. The van der Waals surface area contributed by atoms with Gasteiger partial charge in [0.25, 0.3) is 5.56 Å². The normalized spacial score (nSPS) is 17.6. The van der Waals surface area contributed by atoms with E-state index in [0.717, 1.165) is 36.9 Å². The van der Waals surface area contributed by atoms with Crippen LogP contribution in [0.2, 0.25) is 0 Å². The summed E-state index contributed by atoms with van der Waals surface area (Å²) < 4.78 is 24.5. The lowest BCUT2D eigenvalue weighted by molar-refractivity contribution is 0.601. The molecule has 3 aromatic heterocycles. The first-order chi connectivity index (χ1) is 15.2. The first kappa shape index (κ1) is 21.8. The maximum Gasteiger partial charge on any atom is 0.255 e. The van der Waals surface area contributed by atoms with E-state index in [-0.39, 0.29) is 17.4 Å². The quantitative estimate of drug-likeness (QED) is 0.610. The SMILES string of the molecule is Cc1cnc(/N=C2\CC[C@H](Nc3ccc(-n4cc(CS(C)(=O)=O)ccc4=O)cn3)C2)cn1. The van der Waals surface area contributed by atoms with Crippen molar-refractivity contribution in [1.82, 2.24) is 19.5 Å². The lowest BCUT2D eigenvalue weighted by Crippen LogP contribution is -2.19. The molecule has 1 fully saturated rings. The molecule has 3 aromatic rings. The van der Waals surface area contributed by atoms with Gasteiger partial charge in [0, 0.05) is 36.7 Å². The lowest BCUT2D eigenvalue weighted by Gasteiger charge is -2.13. The number of rotatable bonds is 6. The average Bonchev–Trinajstić information content (AvgIpc) is 3.17. The Morgan fingerprint density at radius 2 is 1.97 bits per heavy atom. The van der Waals surface area contributed by atoms with Crippen molar-refractivity contribution in [3.8, 4) is 5.69 Å². The van der Waals surface area contributed by atoms with Crippen LogP contribution in [0.1, 0.15) is 30.5 Å². The Hall–Kier alpha value is -3.40. The number of hydrogen-bond donors (Lipinski definition) is 1. The standard InChI is InChI=1S/C22H24N6O3S/c1-15-10-24-21(12-23-15)27-18-5-4-17(9-18)26-20-7-6-19(11-25-20)28-13-16(3-8-22(28)29)14-32(2,30)31/h3,6-8,10-13,17H,4-5,9,14H2,1-2H3,(H,25,26)/b27-18+/t17-/m0/s1. The molecule has 1 N–H and O–H groups in total. The van der Waals surface area contributed by atoms with Crippen molar-refractivity contribution in [2.45, 2.75) is 38.0 Å². The molecule has 9 nitrogen and oxygen atoms in total. The van der Waals surface area contributed by atoms with Gasteiger partial charge in [-0.05, 0) is 37.5 Å². The van der Waals surface area contributed by atoms with Crippen LogP contribution in [-0.2, 0) is 15.6 Å².